The molecule has 1 heterocycles. The molecule has 0 unspecified atom stereocenters. The maximum Gasteiger partial charge on any atom is 0.251 e. The van der Waals surface area contributed by atoms with Crippen molar-refractivity contribution in [2.24, 2.45) is 4.99 Å². The minimum atomic E-state index is -0.289. The van der Waals surface area contributed by atoms with Gasteiger partial charge in [0, 0.05) is 30.8 Å². The molecule has 0 radical (unpaired) electrons. The Kier molecular flexibility index (Phi) is 5.70. The Morgan fingerprint density at radius 2 is 1.87 bits per heavy atom. The van der Waals surface area contributed by atoms with Crippen LogP contribution in [0.2, 0.25) is 0 Å². The van der Waals surface area contributed by atoms with Crippen LogP contribution in [0.15, 0.2) is 90.4 Å². The molecule has 5 heteroatoms. The summed E-state index contributed by atoms with van der Waals surface area (Å²) in [6, 6.07) is 21.6. The molecule has 0 aromatic heterocycles. The van der Waals surface area contributed by atoms with Crippen molar-refractivity contribution in [3.05, 3.63) is 114 Å². The van der Waals surface area contributed by atoms with Gasteiger partial charge in [-0.3, -0.25) is 4.79 Å². The van der Waals surface area contributed by atoms with Crippen molar-refractivity contribution in [1.29, 1.82) is 0 Å². The van der Waals surface area contributed by atoms with Crippen molar-refractivity contribution in [1.82, 2.24) is 10.2 Å². The molecule has 0 fully saturated rings. The van der Waals surface area contributed by atoms with Crippen LogP contribution in [-0.2, 0) is 13.1 Å². The molecule has 1 N–H and O–H groups in total. The van der Waals surface area contributed by atoms with Gasteiger partial charge in [0.15, 0.2) is 0 Å². The Morgan fingerprint density at radius 1 is 1.10 bits per heavy atom. The van der Waals surface area contributed by atoms with Crippen molar-refractivity contribution in [3.8, 4) is 0 Å². The maximum atomic E-state index is 13.4. The van der Waals surface area contributed by atoms with Gasteiger partial charge in [0.2, 0.25) is 0 Å². The molecule has 0 bridgehead atoms. The predicted octanol–water partition coefficient (Wildman–Crippen LogP) is 4.84. The first kappa shape index (κ1) is 19.6. The third kappa shape index (κ3) is 4.30. The smallest absolute Gasteiger partial charge is 0.251 e. The van der Waals surface area contributed by atoms with E-state index in [4.69, 9.17) is 4.99 Å². The van der Waals surface area contributed by atoms with E-state index in [1.54, 1.807) is 12.1 Å². The third-order valence-corrected chi connectivity index (χ3v) is 4.98. The summed E-state index contributed by atoms with van der Waals surface area (Å²) in [7, 11) is 0. The lowest BCUT2D eigenvalue weighted by Crippen LogP contribution is -2.33. The molecule has 1 aliphatic rings. The minimum Gasteiger partial charge on any atom is -0.348 e. The Balaban J connectivity index is 1.60. The van der Waals surface area contributed by atoms with E-state index in [1.807, 2.05) is 54.6 Å². The fraction of sp³-hybridized carbons (Fsp3) is 0.120. The minimum absolute atomic E-state index is 0.145. The highest BCUT2D eigenvalue weighted by Gasteiger charge is 2.21. The lowest BCUT2D eigenvalue weighted by molar-refractivity contribution is 0.0951. The van der Waals surface area contributed by atoms with Gasteiger partial charge in [-0.2, -0.15) is 0 Å². The van der Waals surface area contributed by atoms with Gasteiger partial charge < -0.3 is 10.2 Å². The molecule has 30 heavy (non-hydrogen) atoms. The average Bonchev–Trinajstić information content (AvgIpc) is 2.78. The van der Waals surface area contributed by atoms with Gasteiger partial charge in [0.1, 0.15) is 11.7 Å². The molecule has 4 nitrogen and oxygen atoms in total. The normalized spacial score (nSPS) is 12.7. The van der Waals surface area contributed by atoms with Gasteiger partial charge >= 0.3 is 0 Å². The summed E-state index contributed by atoms with van der Waals surface area (Å²) in [5.41, 5.74) is 4.21. The summed E-state index contributed by atoms with van der Waals surface area (Å²) in [5, 5.41) is 2.95. The number of carbonyl (C=O) groups excluding carboxylic acids is 1. The van der Waals surface area contributed by atoms with Crippen LogP contribution in [0.1, 0.15) is 27.0 Å². The van der Waals surface area contributed by atoms with E-state index in [0.717, 1.165) is 28.2 Å². The largest absolute Gasteiger partial charge is 0.348 e. The monoisotopic (exact) mass is 399 g/mol. The lowest BCUT2D eigenvalue weighted by Gasteiger charge is -2.30. The van der Waals surface area contributed by atoms with Crippen molar-refractivity contribution in [2.45, 2.75) is 13.1 Å². The second-order valence-electron chi connectivity index (χ2n) is 7.12. The van der Waals surface area contributed by atoms with Crippen LogP contribution in [-0.4, -0.2) is 23.2 Å². The van der Waals surface area contributed by atoms with Crippen LogP contribution >= 0.6 is 0 Å². The van der Waals surface area contributed by atoms with E-state index in [0.29, 0.717) is 25.2 Å². The van der Waals surface area contributed by atoms with E-state index in [-0.39, 0.29) is 11.7 Å². The first-order valence-corrected chi connectivity index (χ1v) is 9.79. The Labute approximate surface area is 175 Å². The van der Waals surface area contributed by atoms with E-state index in [1.165, 1.54) is 12.1 Å². The van der Waals surface area contributed by atoms with Crippen LogP contribution in [0.3, 0.4) is 0 Å². The number of fused-ring (bicyclic) bond motifs is 1. The lowest BCUT2D eigenvalue weighted by atomic mass is 10.0. The predicted molar refractivity (Wildman–Crippen MR) is 117 cm³/mol. The number of aliphatic imine (C=N–C) groups is 1. The third-order valence-electron chi connectivity index (χ3n) is 4.98. The molecule has 0 saturated heterocycles. The highest BCUT2D eigenvalue weighted by atomic mass is 19.1. The summed E-state index contributed by atoms with van der Waals surface area (Å²) in [6.07, 6.45) is 1.81. The zero-order valence-corrected chi connectivity index (χ0v) is 16.5. The van der Waals surface area contributed by atoms with E-state index in [2.05, 4.69) is 16.8 Å². The summed E-state index contributed by atoms with van der Waals surface area (Å²) >= 11 is 0. The molecule has 0 saturated carbocycles. The standard InChI is InChI=1S/C25H22FN3O/c1-2-14-29-17-21-9-8-20(25(30)27-16-18-6-4-3-5-7-18)15-23(21)28-24(29)19-10-12-22(26)13-11-19/h2-13,15H,1,14,16-17H2,(H,27,30). The number of amidine groups is 1. The van der Waals surface area contributed by atoms with Crippen LogP contribution in [0.25, 0.3) is 0 Å². The summed E-state index contributed by atoms with van der Waals surface area (Å²) in [6.45, 7) is 5.55. The maximum absolute atomic E-state index is 13.4. The van der Waals surface area contributed by atoms with Crippen molar-refractivity contribution < 1.29 is 9.18 Å². The summed E-state index contributed by atoms with van der Waals surface area (Å²) in [4.78, 5) is 19.5. The van der Waals surface area contributed by atoms with E-state index in [9.17, 15) is 9.18 Å². The number of benzene rings is 3. The number of hydrogen-bond acceptors (Lipinski definition) is 3. The summed E-state index contributed by atoms with van der Waals surface area (Å²) < 4.78 is 13.4. The molecule has 0 atom stereocenters. The van der Waals surface area contributed by atoms with Gasteiger partial charge in [-0.1, -0.05) is 42.5 Å². The molecule has 3 aromatic rings. The molecule has 4 rings (SSSR count). The highest BCUT2D eigenvalue weighted by molar-refractivity contribution is 6.02. The number of rotatable bonds is 6. The van der Waals surface area contributed by atoms with Gasteiger partial charge in [-0.15, -0.1) is 6.58 Å². The van der Waals surface area contributed by atoms with Crippen molar-refractivity contribution >= 4 is 17.4 Å². The van der Waals surface area contributed by atoms with Gasteiger partial charge in [0.05, 0.1) is 5.69 Å². The van der Waals surface area contributed by atoms with E-state index >= 15 is 0 Å². The molecule has 1 amide bonds. The Bertz CT molecular complexity index is 1090. The number of amides is 1. The van der Waals surface area contributed by atoms with Gasteiger partial charge in [-0.25, -0.2) is 9.38 Å². The van der Waals surface area contributed by atoms with Crippen LogP contribution in [0.5, 0.6) is 0 Å². The second kappa shape index (κ2) is 8.74. The van der Waals surface area contributed by atoms with Crippen LogP contribution < -0.4 is 5.32 Å². The molecular formula is C25H22FN3O. The zero-order chi connectivity index (χ0) is 20.9. The molecule has 150 valence electrons. The SMILES string of the molecule is C=CCN1Cc2ccc(C(=O)NCc3ccccc3)cc2N=C1c1ccc(F)cc1. The Morgan fingerprint density at radius 3 is 2.60 bits per heavy atom. The summed E-state index contributed by atoms with van der Waals surface area (Å²) in [5.74, 6) is 0.307. The van der Waals surface area contributed by atoms with Crippen LogP contribution in [0.4, 0.5) is 10.1 Å². The number of carbonyl (C=O) groups is 1. The molecule has 3 aromatic carbocycles. The van der Waals surface area contributed by atoms with Gasteiger partial charge in [-0.05, 0) is 47.5 Å². The fourth-order valence-electron chi connectivity index (χ4n) is 3.44. The average molecular weight is 399 g/mol. The van der Waals surface area contributed by atoms with Gasteiger partial charge in [0.25, 0.3) is 5.91 Å². The first-order chi connectivity index (χ1) is 14.6. The highest BCUT2D eigenvalue weighted by Crippen LogP contribution is 2.29. The van der Waals surface area contributed by atoms with Crippen LogP contribution in [0, 0.1) is 5.82 Å². The number of hydrogen-bond donors (Lipinski definition) is 1. The van der Waals surface area contributed by atoms with Crippen molar-refractivity contribution in [2.75, 3.05) is 6.54 Å². The fourth-order valence-corrected chi connectivity index (χ4v) is 3.44. The molecule has 0 spiro atoms. The quantitative estimate of drug-likeness (QED) is 0.603. The molecular weight excluding hydrogens is 377 g/mol. The number of nitrogens with zero attached hydrogens (tertiary/aromatic N) is 2. The number of nitrogens with one attached hydrogen (secondary N) is 1. The molecule has 1 aliphatic heterocycles. The molecule has 0 aliphatic carbocycles. The topological polar surface area (TPSA) is 44.7 Å². The Hall–Kier alpha value is -3.73. The van der Waals surface area contributed by atoms with Crippen molar-refractivity contribution in [3.63, 3.8) is 0 Å². The van der Waals surface area contributed by atoms with E-state index < -0.39 is 0 Å². The first-order valence-electron chi connectivity index (χ1n) is 9.79. The second-order valence-corrected chi connectivity index (χ2v) is 7.12. The number of halogens is 1. The zero-order valence-electron chi connectivity index (χ0n) is 16.5.